The van der Waals surface area contributed by atoms with Gasteiger partial charge >= 0.3 is 0 Å². The molecule has 1 unspecified atom stereocenters. The number of likely N-dealkylation sites (N-methyl/N-ethyl adjacent to an activating group) is 1. The molecule has 2 N–H and O–H groups in total. The van der Waals surface area contributed by atoms with Gasteiger partial charge in [0.1, 0.15) is 11.6 Å². The molecule has 2 saturated heterocycles. The first kappa shape index (κ1) is 22.1. The summed E-state index contributed by atoms with van der Waals surface area (Å²) in [5.41, 5.74) is 9.02. The Morgan fingerprint density at radius 2 is 1.80 bits per heavy atom. The zero-order valence-corrected chi connectivity index (χ0v) is 20.5. The molecule has 3 aliphatic heterocycles. The molecular weight excluding hydrogens is 464 g/mol. The molecule has 0 saturated carbocycles. The van der Waals surface area contributed by atoms with E-state index in [9.17, 15) is 8.42 Å². The molecular formula is C25H28N6O3S. The maximum absolute atomic E-state index is 13.6. The molecule has 10 heteroatoms. The van der Waals surface area contributed by atoms with Crippen LogP contribution in [0.3, 0.4) is 0 Å². The molecule has 0 radical (unpaired) electrons. The zero-order chi connectivity index (χ0) is 24.3. The highest BCUT2D eigenvalue weighted by Gasteiger charge is 2.41. The highest BCUT2D eigenvalue weighted by molar-refractivity contribution is 7.90. The van der Waals surface area contributed by atoms with Crippen molar-refractivity contribution in [3.8, 4) is 5.75 Å². The van der Waals surface area contributed by atoms with E-state index in [2.05, 4.69) is 34.0 Å². The topological polar surface area (TPSA) is 96.4 Å². The average Bonchev–Trinajstić information content (AvgIpc) is 3.58. The molecule has 2 bridgehead atoms. The molecule has 0 spiro atoms. The minimum absolute atomic E-state index is 0.135. The third-order valence-corrected chi connectivity index (χ3v) is 8.95. The van der Waals surface area contributed by atoms with Gasteiger partial charge in [-0.1, -0.05) is 6.07 Å². The Morgan fingerprint density at radius 3 is 2.49 bits per heavy atom. The summed E-state index contributed by atoms with van der Waals surface area (Å²) in [6.45, 7) is 2.11. The van der Waals surface area contributed by atoms with E-state index in [-0.39, 0.29) is 4.90 Å². The lowest BCUT2D eigenvalue weighted by molar-refractivity contribution is 0.292. The number of ether oxygens (including phenoxy) is 1. The summed E-state index contributed by atoms with van der Waals surface area (Å²) < 4.78 is 33.8. The molecule has 35 heavy (non-hydrogen) atoms. The van der Waals surface area contributed by atoms with E-state index in [1.165, 1.54) is 29.3 Å². The molecule has 2 aromatic carbocycles. The molecule has 3 aliphatic rings. The van der Waals surface area contributed by atoms with Crippen molar-refractivity contribution >= 4 is 33.4 Å². The van der Waals surface area contributed by atoms with Gasteiger partial charge in [0.15, 0.2) is 6.29 Å². The molecule has 182 valence electrons. The van der Waals surface area contributed by atoms with Crippen molar-refractivity contribution in [3.05, 3.63) is 66.4 Å². The van der Waals surface area contributed by atoms with Gasteiger partial charge in [-0.05, 0) is 55.9 Å². The Kier molecular flexibility index (Phi) is 5.13. The van der Waals surface area contributed by atoms with E-state index in [0.29, 0.717) is 29.2 Å². The second-order valence-corrected chi connectivity index (χ2v) is 11.1. The number of aromatic nitrogens is 1. The van der Waals surface area contributed by atoms with E-state index < -0.39 is 16.3 Å². The average molecular weight is 493 g/mol. The van der Waals surface area contributed by atoms with Gasteiger partial charge < -0.3 is 9.64 Å². The number of methoxy groups -OCH3 is 1. The minimum atomic E-state index is -3.90. The number of nitrogens with two attached hydrogens (primary N) is 1. The van der Waals surface area contributed by atoms with Crippen LogP contribution in [-0.2, 0) is 10.0 Å². The van der Waals surface area contributed by atoms with Crippen LogP contribution in [0.4, 0.5) is 17.2 Å². The molecule has 6 rings (SSSR count). The van der Waals surface area contributed by atoms with Gasteiger partial charge in [0.25, 0.3) is 10.0 Å². The van der Waals surface area contributed by atoms with Crippen LogP contribution >= 0.6 is 0 Å². The number of nitrogens with zero attached hydrogens (tertiary/aromatic N) is 5. The quantitative estimate of drug-likeness (QED) is 0.584. The maximum atomic E-state index is 13.6. The molecule has 0 aliphatic carbocycles. The van der Waals surface area contributed by atoms with E-state index in [1.54, 1.807) is 41.6 Å². The number of hydrogen-bond donors (Lipinski definition) is 1. The van der Waals surface area contributed by atoms with Gasteiger partial charge in [-0.3, -0.25) is 20.5 Å². The van der Waals surface area contributed by atoms with Crippen molar-refractivity contribution < 1.29 is 13.2 Å². The summed E-state index contributed by atoms with van der Waals surface area (Å²) in [6.07, 6.45) is 3.62. The highest BCUT2D eigenvalue weighted by Crippen LogP contribution is 2.38. The Labute approximate surface area is 205 Å². The van der Waals surface area contributed by atoms with Crippen LogP contribution in [0.25, 0.3) is 0 Å². The minimum Gasteiger partial charge on any atom is -0.497 e. The predicted molar refractivity (Wildman–Crippen MR) is 136 cm³/mol. The van der Waals surface area contributed by atoms with Gasteiger partial charge in [0, 0.05) is 60.6 Å². The Bertz CT molecular complexity index is 1400. The van der Waals surface area contributed by atoms with Gasteiger partial charge in [0.2, 0.25) is 0 Å². The van der Waals surface area contributed by atoms with E-state index in [0.717, 1.165) is 18.8 Å². The lowest BCUT2D eigenvalue weighted by Gasteiger charge is -2.35. The molecule has 1 aromatic heterocycles. The summed E-state index contributed by atoms with van der Waals surface area (Å²) in [6, 6.07) is 17.5. The number of aliphatic imine (C=N–C) groups is 1. The molecule has 0 amide bonds. The number of rotatable bonds is 5. The molecule has 3 aromatic rings. The smallest absolute Gasteiger partial charge is 0.269 e. The molecule has 2 fully saturated rings. The first-order valence-electron chi connectivity index (χ1n) is 11.6. The van der Waals surface area contributed by atoms with Crippen molar-refractivity contribution in [2.24, 2.45) is 10.7 Å². The largest absolute Gasteiger partial charge is 0.497 e. The number of likely N-dealkylation sites (tertiary alicyclic amines) is 1. The third kappa shape index (κ3) is 3.51. The van der Waals surface area contributed by atoms with Crippen molar-refractivity contribution in [1.29, 1.82) is 0 Å². The fourth-order valence-corrected chi connectivity index (χ4v) is 6.83. The van der Waals surface area contributed by atoms with Gasteiger partial charge in [-0.2, -0.15) is 0 Å². The van der Waals surface area contributed by atoms with E-state index in [4.69, 9.17) is 10.5 Å². The predicted octanol–water partition coefficient (Wildman–Crippen LogP) is 2.44. The fraction of sp³-hybridized carbons (Fsp3) is 0.320. The number of hydrogen-bond acceptors (Lipinski definition) is 8. The Morgan fingerprint density at radius 1 is 1.03 bits per heavy atom. The lowest BCUT2D eigenvalue weighted by atomic mass is 10.2. The highest BCUT2D eigenvalue weighted by atomic mass is 32.2. The standard InChI is InChI=1S/C25H28N6O3S/c1-28-15-21-12-20(28)16-29(21)18-6-8-19(9-7-18)31-24-17(14-27-25(31)26)10-11-30(24)35(32,33)23-5-3-4-22(13-23)34-2/h3-11,13-14,20-21,25H,12,15-16,26H2,1-2H3/t20-,21-,25?/m1/s1. The summed E-state index contributed by atoms with van der Waals surface area (Å²) in [5, 5.41) is 0. The Balaban J connectivity index is 1.37. The maximum Gasteiger partial charge on any atom is 0.269 e. The summed E-state index contributed by atoms with van der Waals surface area (Å²) in [5.74, 6) is 0.935. The zero-order valence-electron chi connectivity index (χ0n) is 19.7. The number of benzene rings is 2. The first-order chi connectivity index (χ1) is 16.9. The van der Waals surface area contributed by atoms with Crippen LogP contribution in [0.15, 0.2) is 70.7 Å². The second kappa shape index (κ2) is 8.11. The molecule has 9 nitrogen and oxygen atoms in total. The normalized spacial score (nSPS) is 23.7. The van der Waals surface area contributed by atoms with Gasteiger partial charge in [0.05, 0.1) is 12.0 Å². The van der Waals surface area contributed by atoms with Crippen LogP contribution in [0, 0.1) is 0 Å². The van der Waals surface area contributed by atoms with Crippen LogP contribution in [-0.4, -0.2) is 69.1 Å². The number of piperazine rings is 1. The van der Waals surface area contributed by atoms with Crippen LogP contribution < -0.4 is 20.3 Å². The summed E-state index contributed by atoms with van der Waals surface area (Å²) in [7, 11) is -0.202. The van der Waals surface area contributed by atoms with Crippen molar-refractivity contribution in [2.45, 2.75) is 29.7 Å². The summed E-state index contributed by atoms with van der Waals surface area (Å²) >= 11 is 0. The molecule has 4 heterocycles. The van der Waals surface area contributed by atoms with Crippen LogP contribution in [0.5, 0.6) is 5.75 Å². The Hall–Kier alpha value is -3.34. The SMILES string of the molecule is COc1cccc(S(=O)(=O)n2ccc3c2N(c2ccc(N4C[C@H]5C[C@@H]4CN5C)cc2)C(N)N=C3)c1. The van der Waals surface area contributed by atoms with Crippen molar-refractivity contribution in [3.63, 3.8) is 0 Å². The van der Waals surface area contributed by atoms with E-state index in [1.807, 2.05) is 12.1 Å². The monoisotopic (exact) mass is 492 g/mol. The van der Waals surface area contributed by atoms with E-state index >= 15 is 0 Å². The van der Waals surface area contributed by atoms with Crippen molar-refractivity contribution in [1.82, 2.24) is 8.87 Å². The molecule has 3 atom stereocenters. The first-order valence-corrected chi connectivity index (χ1v) is 13.1. The van der Waals surface area contributed by atoms with Gasteiger partial charge in [-0.25, -0.2) is 12.4 Å². The van der Waals surface area contributed by atoms with Crippen LogP contribution in [0.1, 0.15) is 12.0 Å². The van der Waals surface area contributed by atoms with Crippen LogP contribution in [0.2, 0.25) is 0 Å². The fourth-order valence-electron chi connectivity index (χ4n) is 5.45. The number of anilines is 3. The summed E-state index contributed by atoms with van der Waals surface area (Å²) in [4.78, 5) is 11.2. The van der Waals surface area contributed by atoms with Gasteiger partial charge in [-0.15, -0.1) is 0 Å². The third-order valence-electron chi connectivity index (χ3n) is 7.29. The van der Waals surface area contributed by atoms with Crippen molar-refractivity contribution in [2.75, 3.05) is 37.0 Å². The lowest BCUT2D eigenvalue weighted by Crippen LogP contribution is -2.44. The second-order valence-electron chi connectivity index (χ2n) is 9.29. The number of fused-ring (bicyclic) bond motifs is 3.